The number of rotatable bonds is 5. The second-order valence-corrected chi connectivity index (χ2v) is 4.18. The summed E-state index contributed by atoms with van der Waals surface area (Å²) < 4.78 is 5.07. The largest absolute Gasteiger partial charge is 0.497 e. The normalized spacial score (nSPS) is 11.1. The summed E-state index contributed by atoms with van der Waals surface area (Å²) in [5, 5.41) is 10.5. The lowest BCUT2D eigenvalue weighted by atomic mass is 10.2. The van der Waals surface area contributed by atoms with Gasteiger partial charge in [0.15, 0.2) is 0 Å². The molecule has 0 fully saturated rings. The maximum Gasteiger partial charge on any atom is 0.269 e. The molecular formula is C16H14N2O3. The fraction of sp³-hybridized carbons (Fsp3) is 0.0625. The molecule has 0 N–H and O–H groups in total. The van der Waals surface area contributed by atoms with Gasteiger partial charge in [-0.3, -0.25) is 15.1 Å². The first kappa shape index (κ1) is 14.5. The van der Waals surface area contributed by atoms with E-state index in [1.165, 1.54) is 12.1 Å². The minimum absolute atomic E-state index is 0.0825. The Morgan fingerprint density at radius 2 is 1.76 bits per heavy atom. The Morgan fingerprint density at radius 3 is 2.33 bits per heavy atom. The molecule has 106 valence electrons. The molecule has 0 bridgehead atoms. The third-order valence-electron chi connectivity index (χ3n) is 2.77. The van der Waals surface area contributed by atoms with E-state index in [-0.39, 0.29) is 5.69 Å². The number of ether oxygens (including phenoxy) is 1. The first-order valence-electron chi connectivity index (χ1n) is 6.28. The Kier molecular flexibility index (Phi) is 4.82. The van der Waals surface area contributed by atoms with Gasteiger partial charge in [-0.15, -0.1) is 0 Å². The molecule has 5 heteroatoms. The van der Waals surface area contributed by atoms with Crippen molar-refractivity contribution in [2.45, 2.75) is 0 Å². The Balaban J connectivity index is 1.97. The van der Waals surface area contributed by atoms with Crippen LogP contribution in [0.3, 0.4) is 0 Å². The van der Waals surface area contributed by atoms with E-state index in [2.05, 4.69) is 4.99 Å². The Morgan fingerprint density at radius 1 is 1.10 bits per heavy atom. The van der Waals surface area contributed by atoms with Gasteiger partial charge in [0.2, 0.25) is 0 Å². The van der Waals surface area contributed by atoms with Crippen LogP contribution in [0, 0.1) is 10.1 Å². The molecule has 0 radical (unpaired) electrons. The summed E-state index contributed by atoms with van der Waals surface area (Å²) >= 11 is 0. The number of nitro benzene ring substituents is 1. The van der Waals surface area contributed by atoms with E-state index in [1.807, 2.05) is 30.3 Å². The van der Waals surface area contributed by atoms with Crippen molar-refractivity contribution in [2.24, 2.45) is 4.99 Å². The molecular weight excluding hydrogens is 268 g/mol. The lowest BCUT2D eigenvalue weighted by Crippen LogP contribution is -1.86. The zero-order valence-electron chi connectivity index (χ0n) is 11.5. The molecule has 2 rings (SSSR count). The van der Waals surface area contributed by atoms with E-state index < -0.39 is 4.92 Å². The van der Waals surface area contributed by atoms with E-state index in [1.54, 1.807) is 31.5 Å². The van der Waals surface area contributed by atoms with Crippen LogP contribution in [0.25, 0.3) is 6.08 Å². The van der Waals surface area contributed by atoms with Gasteiger partial charge in [0.1, 0.15) is 5.75 Å². The van der Waals surface area contributed by atoms with E-state index in [4.69, 9.17) is 4.74 Å². The predicted molar refractivity (Wildman–Crippen MR) is 83.3 cm³/mol. The number of hydrogen-bond donors (Lipinski definition) is 0. The number of hydrogen-bond acceptors (Lipinski definition) is 4. The van der Waals surface area contributed by atoms with Crippen LogP contribution < -0.4 is 4.74 Å². The Bertz CT molecular complexity index is 659. The van der Waals surface area contributed by atoms with Crippen molar-refractivity contribution in [3.05, 3.63) is 70.3 Å². The number of nitro groups is 1. The molecule has 0 aliphatic heterocycles. The molecule has 0 saturated carbocycles. The van der Waals surface area contributed by atoms with E-state index in [0.29, 0.717) is 0 Å². The summed E-state index contributed by atoms with van der Waals surface area (Å²) in [6, 6.07) is 13.7. The smallest absolute Gasteiger partial charge is 0.269 e. The molecule has 0 spiro atoms. The van der Waals surface area contributed by atoms with Crippen molar-refractivity contribution < 1.29 is 9.66 Å². The fourth-order valence-electron chi connectivity index (χ4n) is 1.66. The highest BCUT2D eigenvalue weighted by atomic mass is 16.6. The minimum atomic E-state index is -0.418. The predicted octanol–water partition coefficient (Wildman–Crippen LogP) is 4.02. The van der Waals surface area contributed by atoms with Crippen LogP contribution >= 0.6 is 0 Å². The molecule has 0 heterocycles. The summed E-state index contributed by atoms with van der Waals surface area (Å²) in [7, 11) is 1.62. The monoisotopic (exact) mass is 282 g/mol. The summed E-state index contributed by atoms with van der Waals surface area (Å²) in [5.74, 6) is 0.787. The Hall–Kier alpha value is -2.95. The van der Waals surface area contributed by atoms with Crippen molar-refractivity contribution in [2.75, 3.05) is 7.11 Å². The zero-order chi connectivity index (χ0) is 15.1. The molecule has 2 aromatic rings. The highest BCUT2D eigenvalue weighted by molar-refractivity contribution is 5.80. The zero-order valence-corrected chi connectivity index (χ0v) is 11.5. The number of methoxy groups -OCH3 is 1. The van der Waals surface area contributed by atoms with Crippen molar-refractivity contribution in [1.82, 2.24) is 0 Å². The SMILES string of the molecule is COc1ccc(N=C/C=C/c2ccc([N+](=O)[O-])cc2)cc1. The molecule has 0 amide bonds. The molecule has 0 saturated heterocycles. The van der Waals surface area contributed by atoms with Crippen LogP contribution in [0.1, 0.15) is 5.56 Å². The molecule has 0 unspecified atom stereocenters. The van der Waals surface area contributed by atoms with Crippen molar-refractivity contribution in [3.63, 3.8) is 0 Å². The fourth-order valence-corrected chi connectivity index (χ4v) is 1.66. The first-order chi connectivity index (χ1) is 10.2. The summed E-state index contributed by atoms with van der Waals surface area (Å²) in [6.45, 7) is 0. The summed E-state index contributed by atoms with van der Waals surface area (Å²) in [5.41, 5.74) is 1.78. The number of aliphatic imine (C=N–C) groups is 1. The van der Waals surface area contributed by atoms with Gasteiger partial charge in [0.25, 0.3) is 5.69 Å². The molecule has 5 nitrogen and oxygen atoms in total. The molecule has 21 heavy (non-hydrogen) atoms. The highest BCUT2D eigenvalue weighted by Crippen LogP contribution is 2.17. The highest BCUT2D eigenvalue weighted by Gasteiger charge is 2.01. The van der Waals surface area contributed by atoms with Crippen LogP contribution in [-0.4, -0.2) is 18.2 Å². The average Bonchev–Trinajstić information content (AvgIpc) is 2.52. The van der Waals surface area contributed by atoms with Crippen LogP contribution in [-0.2, 0) is 0 Å². The van der Waals surface area contributed by atoms with Crippen LogP contribution in [0.5, 0.6) is 5.75 Å². The third-order valence-corrected chi connectivity index (χ3v) is 2.77. The van der Waals surface area contributed by atoms with Crippen LogP contribution in [0.2, 0.25) is 0 Å². The van der Waals surface area contributed by atoms with Crippen molar-refractivity contribution >= 4 is 23.7 Å². The van der Waals surface area contributed by atoms with E-state index in [0.717, 1.165) is 17.0 Å². The molecule has 2 aromatic carbocycles. The topological polar surface area (TPSA) is 64.7 Å². The molecule has 0 atom stereocenters. The molecule has 0 aliphatic carbocycles. The second kappa shape index (κ2) is 7.00. The average molecular weight is 282 g/mol. The maximum atomic E-state index is 10.5. The maximum absolute atomic E-state index is 10.5. The van der Waals surface area contributed by atoms with Crippen LogP contribution in [0.4, 0.5) is 11.4 Å². The second-order valence-electron chi connectivity index (χ2n) is 4.18. The number of allylic oxidation sites excluding steroid dienone is 1. The Labute approximate surface area is 122 Å². The van der Waals surface area contributed by atoms with Gasteiger partial charge in [-0.1, -0.05) is 6.08 Å². The number of nitrogens with zero attached hydrogens (tertiary/aromatic N) is 2. The van der Waals surface area contributed by atoms with Gasteiger partial charge in [0.05, 0.1) is 17.7 Å². The lowest BCUT2D eigenvalue weighted by molar-refractivity contribution is -0.384. The van der Waals surface area contributed by atoms with Gasteiger partial charge >= 0.3 is 0 Å². The molecule has 0 aliphatic rings. The number of benzene rings is 2. The van der Waals surface area contributed by atoms with Crippen molar-refractivity contribution in [1.29, 1.82) is 0 Å². The number of non-ortho nitro benzene ring substituents is 1. The third kappa shape index (κ3) is 4.28. The quantitative estimate of drug-likeness (QED) is 0.472. The van der Waals surface area contributed by atoms with Gasteiger partial charge in [-0.25, -0.2) is 0 Å². The van der Waals surface area contributed by atoms with Gasteiger partial charge in [0, 0.05) is 18.3 Å². The first-order valence-corrected chi connectivity index (χ1v) is 6.28. The summed E-state index contributed by atoms with van der Waals surface area (Å²) in [6.07, 6.45) is 5.28. The van der Waals surface area contributed by atoms with E-state index in [9.17, 15) is 10.1 Å². The van der Waals surface area contributed by atoms with Crippen molar-refractivity contribution in [3.8, 4) is 5.75 Å². The van der Waals surface area contributed by atoms with E-state index >= 15 is 0 Å². The van der Waals surface area contributed by atoms with Gasteiger partial charge in [-0.2, -0.15) is 0 Å². The summed E-state index contributed by atoms with van der Waals surface area (Å²) in [4.78, 5) is 14.4. The standard InChI is InChI=1S/C16H14N2O3/c1-21-16-10-6-14(7-11-16)17-12-2-3-13-4-8-15(9-5-13)18(19)20/h2-12H,1H3/b3-2+,17-12?. The molecule has 0 aromatic heterocycles. The van der Waals surface area contributed by atoms with Gasteiger partial charge in [-0.05, 0) is 48.0 Å². The minimum Gasteiger partial charge on any atom is -0.497 e. The lowest BCUT2D eigenvalue weighted by Gasteiger charge is -1.98. The van der Waals surface area contributed by atoms with Gasteiger partial charge < -0.3 is 4.74 Å². The van der Waals surface area contributed by atoms with Crippen LogP contribution in [0.15, 0.2) is 59.6 Å².